The van der Waals surface area contributed by atoms with Gasteiger partial charge < -0.3 is 19.8 Å². The summed E-state index contributed by atoms with van der Waals surface area (Å²) in [4.78, 5) is 15.0. The van der Waals surface area contributed by atoms with E-state index in [1.54, 1.807) is 6.33 Å². The molecule has 32 heavy (non-hydrogen) atoms. The lowest BCUT2D eigenvalue weighted by Crippen LogP contribution is -2.54. The van der Waals surface area contributed by atoms with Gasteiger partial charge in [0.05, 0.1) is 30.2 Å². The summed E-state index contributed by atoms with van der Waals surface area (Å²) in [6, 6.07) is 6.98. The summed E-state index contributed by atoms with van der Waals surface area (Å²) >= 11 is 0. The number of rotatable bonds is 4. The van der Waals surface area contributed by atoms with Gasteiger partial charge in [0.1, 0.15) is 36.0 Å². The number of halogens is 1. The highest BCUT2D eigenvalue weighted by Crippen LogP contribution is 2.40. The Labute approximate surface area is 186 Å². The molecule has 0 bridgehead atoms. The molecule has 0 radical (unpaired) electrons. The summed E-state index contributed by atoms with van der Waals surface area (Å²) < 4.78 is 25.7. The van der Waals surface area contributed by atoms with Crippen LogP contribution in [0.4, 0.5) is 10.2 Å². The zero-order chi connectivity index (χ0) is 21.7. The SMILES string of the molecule is C[C@@H]1CN([C@H]2COc3cc(F)ccc3[C@@H]2Nc2ncnc3[nH]c(C4CCC4)cc23)CCO1. The van der Waals surface area contributed by atoms with E-state index in [1.165, 1.54) is 37.1 Å². The fourth-order valence-electron chi connectivity index (χ4n) is 5.17. The monoisotopic (exact) mass is 437 g/mol. The summed E-state index contributed by atoms with van der Waals surface area (Å²) in [5.74, 6) is 1.69. The average Bonchev–Trinajstić information content (AvgIpc) is 3.17. The van der Waals surface area contributed by atoms with Gasteiger partial charge in [-0.2, -0.15) is 0 Å². The van der Waals surface area contributed by atoms with Crippen molar-refractivity contribution in [3.05, 3.63) is 47.7 Å². The fourth-order valence-corrected chi connectivity index (χ4v) is 5.17. The van der Waals surface area contributed by atoms with Gasteiger partial charge in [-0.15, -0.1) is 0 Å². The number of hydrogen-bond acceptors (Lipinski definition) is 6. The highest BCUT2D eigenvalue weighted by Gasteiger charge is 2.37. The maximum atomic E-state index is 13.9. The van der Waals surface area contributed by atoms with Gasteiger partial charge in [-0.3, -0.25) is 4.90 Å². The van der Waals surface area contributed by atoms with Crippen LogP contribution < -0.4 is 10.1 Å². The molecule has 2 aliphatic heterocycles. The molecule has 1 saturated carbocycles. The third kappa shape index (κ3) is 3.51. The Bertz CT molecular complexity index is 1130. The molecule has 8 heteroatoms. The lowest BCUT2D eigenvalue weighted by molar-refractivity contribution is -0.0465. The molecule has 3 aliphatic rings. The molecule has 2 fully saturated rings. The molecule has 0 unspecified atom stereocenters. The van der Waals surface area contributed by atoms with Crippen molar-refractivity contribution < 1.29 is 13.9 Å². The van der Waals surface area contributed by atoms with Crippen LogP contribution in [-0.2, 0) is 4.74 Å². The van der Waals surface area contributed by atoms with E-state index < -0.39 is 0 Å². The minimum atomic E-state index is -0.291. The first-order chi connectivity index (χ1) is 15.7. The number of benzene rings is 1. The third-order valence-corrected chi connectivity index (χ3v) is 7.13. The number of nitrogens with zero attached hydrogens (tertiary/aromatic N) is 3. The van der Waals surface area contributed by atoms with Crippen molar-refractivity contribution in [2.45, 2.75) is 50.3 Å². The predicted octanol–water partition coefficient (Wildman–Crippen LogP) is 4.00. The molecule has 6 rings (SSSR count). The number of aromatic amines is 1. The van der Waals surface area contributed by atoms with Crippen LogP contribution in [0.5, 0.6) is 5.75 Å². The van der Waals surface area contributed by atoms with Crippen LogP contribution in [0.25, 0.3) is 11.0 Å². The Balaban J connectivity index is 1.38. The molecule has 0 amide bonds. The van der Waals surface area contributed by atoms with Crippen LogP contribution in [0.15, 0.2) is 30.6 Å². The molecule has 2 aromatic heterocycles. The van der Waals surface area contributed by atoms with Crippen LogP contribution in [0, 0.1) is 5.82 Å². The zero-order valence-corrected chi connectivity index (χ0v) is 18.2. The van der Waals surface area contributed by atoms with Crippen LogP contribution in [0.3, 0.4) is 0 Å². The number of morpholine rings is 1. The van der Waals surface area contributed by atoms with Crippen molar-refractivity contribution in [2.24, 2.45) is 0 Å². The van der Waals surface area contributed by atoms with Crippen molar-refractivity contribution in [3.8, 4) is 5.75 Å². The number of hydrogen-bond donors (Lipinski definition) is 2. The van der Waals surface area contributed by atoms with Crippen LogP contribution in [0.2, 0.25) is 0 Å². The standard InChI is InChI=1S/C24H28FN5O2/c1-14-11-30(7-8-31-14)20-12-32-21-9-16(25)5-6-17(21)22(20)29-24-18-10-19(15-3-2-4-15)28-23(18)26-13-27-24/h5-6,9-10,13-15,20,22H,2-4,7-8,11-12H2,1H3,(H2,26,27,28,29)/t14-,20+,22+/m1/s1. The number of H-pyrrole nitrogens is 1. The van der Waals surface area contributed by atoms with E-state index in [9.17, 15) is 4.39 Å². The summed E-state index contributed by atoms with van der Waals surface area (Å²) in [6.45, 7) is 4.94. The van der Waals surface area contributed by atoms with E-state index in [4.69, 9.17) is 9.47 Å². The molecular formula is C24H28FN5O2. The van der Waals surface area contributed by atoms with Crippen molar-refractivity contribution in [3.63, 3.8) is 0 Å². The van der Waals surface area contributed by atoms with Crippen molar-refractivity contribution >= 4 is 16.9 Å². The molecule has 1 aliphatic carbocycles. The van der Waals surface area contributed by atoms with Gasteiger partial charge in [-0.1, -0.05) is 12.5 Å². The van der Waals surface area contributed by atoms with Gasteiger partial charge in [0.2, 0.25) is 0 Å². The van der Waals surface area contributed by atoms with Gasteiger partial charge in [0.15, 0.2) is 0 Å². The largest absolute Gasteiger partial charge is 0.491 e. The predicted molar refractivity (Wildman–Crippen MR) is 120 cm³/mol. The number of anilines is 1. The maximum Gasteiger partial charge on any atom is 0.143 e. The second kappa shape index (κ2) is 8.01. The first-order valence-electron chi connectivity index (χ1n) is 11.5. The Morgan fingerprint density at radius 2 is 2.12 bits per heavy atom. The van der Waals surface area contributed by atoms with Gasteiger partial charge in [0.25, 0.3) is 0 Å². The van der Waals surface area contributed by atoms with E-state index >= 15 is 0 Å². The Morgan fingerprint density at radius 1 is 1.22 bits per heavy atom. The normalized spacial score (nSPS) is 26.4. The quantitative estimate of drug-likeness (QED) is 0.643. The topological polar surface area (TPSA) is 75.3 Å². The van der Waals surface area contributed by atoms with Crippen molar-refractivity contribution in [1.82, 2.24) is 19.9 Å². The Kier molecular flexibility index (Phi) is 4.99. The van der Waals surface area contributed by atoms with E-state index in [0.717, 1.165) is 35.5 Å². The molecular weight excluding hydrogens is 409 g/mol. The maximum absolute atomic E-state index is 13.9. The van der Waals surface area contributed by atoms with Crippen molar-refractivity contribution in [1.29, 1.82) is 0 Å². The molecule has 2 N–H and O–H groups in total. The second-order valence-corrected chi connectivity index (χ2v) is 9.20. The number of fused-ring (bicyclic) bond motifs is 2. The molecule has 4 heterocycles. The molecule has 7 nitrogen and oxygen atoms in total. The number of ether oxygens (including phenoxy) is 2. The van der Waals surface area contributed by atoms with E-state index in [2.05, 4.69) is 38.2 Å². The summed E-state index contributed by atoms with van der Waals surface area (Å²) in [5.41, 5.74) is 3.04. The number of aromatic nitrogens is 3. The van der Waals surface area contributed by atoms with E-state index in [0.29, 0.717) is 24.9 Å². The van der Waals surface area contributed by atoms with Crippen LogP contribution in [0.1, 0.15) is 49.4 Å². The summed E-state index contributed by atoms with van der Waals surface area (Å²) in [6.07, 6.45) is 5.49. The lowest BCUT2D eigenvalue weighted by Gasteiger charge is -2.43. The zero-order valence-electron chi connectivity index (χ0n) is 18.2. The van der Waals surface area contributed by atoms with Gasteiger partial charge >= 0.3 is 0 Å². The first-order valence-corrected chi connectivity index (χ1v) is 11.5. The molecule has 3 atom stereocenters. The van der Waals surface area contributed by atoms with E-state index in [-0.39, 0.29) is 24.0 Å². The Hall–Kier alpha value is -2.71. The third-order valence-electron chi connectivity index (χ3n) is 7.13. The van der Waals surface area contributed by atoms with Crippen LogP contribution >= 0.6 is 0 Å². The van der Waals surface area contributed by atoms with Gasteiger partial charge in [-0.25, -0.2) is 14.4 Å². The fraction of sp³-hybridized carbons (Fsp3) is 0.500. The van der Waals surface area contributed by atoms with Crippen molar-refractivity contribution in [2.75, 3.05) is 31.6 Å². The Morgan fingerprint density at radius 3 is 2.94 bits per heavy atom. The molecule has 3 aromatic rings. The summed E-state index contributed by atoms with van der Waals surface area (Å²) in [5, 5.41) is 4.69. The van der Waals surface area contributed by atoms with Gasteiger partial charge in [0, 0.05) is 30.4 Å². The number of nitrogens with one attached hydrogen (secondary N) is 2. The minimum absolute atomic E-state index is 0.0781. The summed E-state index contributed by atoms with van der Waals surface area (Å²) in [7, 11) is 0. The lowest BCUT2D eigenvalue weighted by atomic mass is 9.83. The minimum Gasteiger partial charge on any atom is -0.491 e. The first kappa shape index (κ1) is 19.9. The molecule has 1 aromatic carbocycles. The second-order valence-electron chi connectivity index (χ2n) is 9.20. The van der Waals surface area contributed by atoms with Gasteiger partial charge in [-0.05, 0) is 37.8 Å². The highest BCUT2D eigenvalue weighted by atomic mass is 19.1. The van der Waals surface area contributed by atoms with E-state index in [1.807, 2.05) is 6.07 Å². The average molecular weight is 438 g/mol. The smallest absolute Gasteiger partial charge is 0.143 e. The highest BCUT2D eigenvalue weighted by molar-refractivity contribution is 5.88. The molecule has 0 spiro atoms. The van der Waals surface area contributed by atoms with Crippen LogP contribution in [-0.4, -0.2) is 58.3 Å². The molecule has 1 saturated heterocycles. The molecule has 168 valence electrons.